The number of nitro groups is 1. The molecule has 3 aromatic carbocycles. The molecule has 0 fully saturated rings. The van der Waals surface area contributed by atoms with Crippen molar-refractivity contribution in [2.45, 2.75) is 17.5 Å². The van der Waals surface area contributed by atoms with Gasteiger partial charge in [0.1, 0.15) is 0 Å². The van der Waals surface area contributed by atoms with E-state index in [0.717, 1.165) is 24.3 Å². The molecule has 3 rings (SSSR count). The van der Waals surface area contributed by atoms with Crippen molar-refractivity contribution in [2.24, 2.45) is 0 Å². The molecule has 0 aliphatic carbocycles. The number of nitrogens with one attached hydrogen (secondary N) is 2. The third-order valence-electron chi connectivity index (χ3n) is 4.51. The molecule has 0 saturated heterocycles. The average molecular weight is 514 g/mol. The SMILES string of the molecule is O=C(Cc1ccccc1[N+](=O)[O-])Nc1ccc(S(=O)(=O)Nc2ccc(Cl)c(C(F)(F)F)c2)cc1. The molecule has 0 atom stereocenters. The maximum Gasteiger partial charge on any atom is 0.417 e. The summed E-state index contributed by atoms with van der Waals surface area (Å²) < 4.78 is 66.1. The molecule has 0 aromatic heterocycles. The zero-order chi connectivity index (χ0) is 25.1. The van der Waals surface area contributed by atoms with Crippen LogP contribution in [0.1, 0.15) is 11.1 Å². The van der Waals surface area contributed by atoms with Gasteiger partial charge in [-0.05, 0) is 42.5 Å². The number of rotatable bonds is 7. The number of alkyl halides is 3. The van der Waals surface area contributed by atoms with E-state index in [-0.39, 0.29) is 33.9 Å². The number of amides is 1. The number of nitrogens with zero attached hydrogens (tertiary/aromatic N) is 1. The maximum atomic E-state index is 13.0. The molecule has 0 aliphatic heterocycles. The second kappa shape index (κ2) is 9.69. The Kier molecular flexibility index (Phi) is 7.12. The van der Waals surface area contributed by atoms with Gasteiger partial charge in [0.15, 0.2) is 0 Å². The lowest BCUT2D eigenvalue weighted by atomic mass is 10.1. The maximum absolute atomic E-state index is 13.0. The largest absolute Gasteiger partial charge is 0.417 e. The predicted octanol–water partition coefficient (Wildman–Crippen LogP) is 5.25. The van der Waals surface area contributed by atoms with E-state index < -0.39 is 37.6 Å². The molecule has 2 N–H and O–H groups in total. The van der Waals surface area contributed by atoms with E-state index in [4.69, 9.17) is 11.6 Å². The van der Waals surface area contributed by atoms with E-state index in [1.165, 1.54) is 30.3 Å². The Balaban J connectivity index is 1.72. The molecule has 13 heteroatoms. The molecule has 0 bridgehead atoms. The number of hydrogen-bond donors (Lipinski definition) is 2. The van der Waals surface area contributed by atoms with E-state index in [0.29, 0.717) is 6.07 Å². The van der Waals surface area contributed by atoms with Crippen molar-refractivity contribution in [3.63, 3.8) is 0 Å². The van der Waals surface area contributed by atoms with Crippen LogP contribution in [0.4, 0.5) is 30.2 Å². The zero-order valence-corrected chi connectivity index (χ0v) is 18.5. The highest BCUT2D eigenvalue weighted by Crippen LogP contribution is 2.36. The van der Waals surface area contributed by atoms with Crippen molar-refractivity contribution in [3.8, 4) is 0 Å². The van der Waals surface area contributed by atoms with Gasteiger partial charge in [-0.15, -0.1) is 0 Å². The third-order valence-corrected chi connectivity index (χ3v) is 6.24. The van der Waals surface area contributed by atoms with Crippen LogP contribution in [0, 0.1) is 10.1 Å². The van der Waals surface area contributed by atoms with Gasteiger partial charge >= 0.3 is 6.18 Å². The highest BCUT2D eigenvalue weighted by molar-refractivity contribution is 7.92. The van der Waals surface area contributed by atoms with Crippen LogP contribution in [-0.4, -0.2) is 19.2 Å². The van der Waals surface area contributed by atoms with Crippen LogP contribution in [-0.2, 0) is 27.4 Å². The molecule has 0 saturated carbocycles. The average Bonchev–Trinajstić information content (AvgIpc) is 2.74. The number of nitro benzene ring substituents is 1. The third kappa shape index (κ3) is 6.02. The Hall–Kier alpha value is -3.64. The summed E-state index contributed by atoms with van der Waals surface area (Å²) in [6, 6.07) is 13.2. The molecule has 0 unspecified atom stereocenters. The van der Waals surface area contributed by atoms with Gasteiger partial charge in [0.2, 0.25) is 5.91 Å². The number of halogens is 4. The minimum atomic E-state index is -4.77. The zero-order valence-electron chi connectivity index (χ0n) is 17.0. The second-order valence-corrected chi connectivity index (χ2v) is 9.02. The molecule has 178 valence electrons. The summed E-state index contributed by atoms with van der Waals surface area (Å²) in [5.41, 5.74) is -1.31. The fraction of sp³-hybridized carbons (Fsp3) is 0.0952. The molecular weight excluding hydrogens is 499 g/mol. The molecule has 8 nitrogen and oxygen atoms in total. The molecule has 0 aliphatic rings. The molecule has 3 aromatic rings. The number of para-hydroxylation sites is 1. The number of benzene rings is 3. The van der Waals surface area contributed by atoms with Crippen LogP contribution in [0.2, 0.25) is 5.02 Å². The number of anilines is 2. The van der Waals surface area contributed by atoms with Crippen LogP contribution in [0.5, 0.6) is 0 Å². The van der Waals surface area contributed by atoms with Gasteiger partial charge in [-0.3, -0.25) is 19.6 Å². The van der Waals surface area contributed by atoms with E-state index in [9.17, 15) is 36.5 Å². The monoisotopic (exact) mass is 513 g/mol. The van der Waals surface area contributed by atoms with Crippen molar-refractivity contribution < 1.29 is 31.3 Å². The van der Waals surface area contributed by atoms with Crippen molar-refractivity contribution >= 4 is 44.6 Å². The van der Waals surface area contributed by atoms with E-state index in [1.807, 2.05) is 4.72 Å². The topological polar surface area (TPSA) is 118 Å². The fourth-order valence-electron chi connectivity index (χ4n) is 2.95. The first-order valence-corrected chi connectivity index (χ1v) is 11.2. The fourth-order valence-corrected chi connectivity index (χ4v) is 4.23. The van der Waals surface area contributed by atoms with Crippen LogP contribution >= 0.6 is 11.6 Å². The van der Waals surface area contributed by atoms with Gasteiger partial charge in [0.25, 0.3) is 15.7 Å². The van der Waals surface area contributed by atoms with Crippen molar-refractivity contribution in [2.75, 3.05) is 10.0 Å². The van der Waals surface area contributed by atoms with E-state index >= 15 is 0 Å². The standard InChI is InChI=1S/C21H15ClF3N3O5S/c22-18-10-7-15(12-17(18)21(23,24)25)27-34(32,33)16-8-5-14(6-9-16)26-20(29)11-13-3-1-2-4-19(13)28(30)31/h1-10,12,27H,11H2,(H,26,29). The summed E-state index contributed by atoms with van der Waals surface area (Å²) >= 11 is 5.54. The van der Waals surface area contributed by atoms with Gasteiger partial charge in [-0.2, -0.15) is 13.2 Å². The van der Waals surface area contributed by atoms with Gasteiger partial charge in [0, 0.05) is 23.0 Å². The van der Waals surface area contributed by atoms with Crippen molar-refractivity contribution in [3.05, 3.63) is 93.0 Å². The second-order valence-electron chi connectivity index (χ2n) is 6.93. The van der Waals surface area contributed by atoms with Crippen molar-refractivity contribution in [1.82, 2.24) is 0 Å². The normalized spacial score (nSPS) is 11.6. The molecule has 34 heavy (non-hydrogen) atoms. The van der Waals surface area contributed by atoms with E-state index in [2.05, 4.69) is 5.32 Å². The Morgan fingerprint density at radius 3 is 2.24 bits per heavy atom. The quantitative estimate of drug-likeness (QED) is 0.330. The van der Waals surface area contributed by atoms with Crippen molar-refractivity contribution in [1.29, 1.82) is 0 Å². The number of hydrogen-bond acceptors (Lipinski definition) is 5. The summed E-state index contributed by atoms with van der Waals surface area (Å²) in [5, 5.41) is 13.0. The Bertz CT molecular complexity index is 1350. The van der Waals surface area contributed by atoms with Gasteiger partial charge in [-0.25, -0.2) is 8.42 Å². The first kappa shape index (κ1) is 25.0. The molecule has 0 spiro atoms. The highest BCUT2D eigenvalue weighted by Gasteiger charge is 2.33. The van der Waals surface area contributed by atoms with Crippen LogP contribution in [0.3, 0.4) is 0 Å². The minimum absolute atomic E-state index is 0.203. The summed E-state index contributed by atoms with van der Waals surface area (Å²) in [6.07, 6.45) is -5.05. The highest BCUT2D eigenvalue weighted by atomic mass is 35.5. The minimum Gasteiger partial charge on any atom is -0.326 e. The Morgan fingerprint density at radius 1 is 1.00 bits per heavy atom. The lowest BCUT2D eigenvalue weighted by molar-refractivity contribution is -0.385. The molecular formula is C21H15ClF3N3O5S. The summed E-state index contributed by atoms with van der Waals surface area (Å²) in [6.45, 7) is 0. The van der Waals surface area contributed by atoms with Crippen LogP contribution in [0.15, 0.2) is 71.6 Å². The van der Waals surface area contributed by atoms with E-state index in [1.54, 1.807) is 6.07 Å². The molecule has 0 heterocycles. The van der Waals surface area contributed by atoms with Crippen LogP contribution in [0.25, 0.3) is 0 Å². The predicted molar refractivity (Wildman–Crippen MR) is 119 cm³/mol. The Morgan fingerprint density at radius 2 is 1.62 bits per heavy atom. The number of sulfonamides is 1. The van der Waals surface area contributed by atoms with Crippen LogP contribution < -0.4 is 10.0 Å². The van der Waals surface area contributed by atoms with Gasteiger partial charge < -0.3 is 5.32 Å². The van der Waals surface area contributed by atoms with Gasteiger partial charge in [0.05, 0.1) is 26.8 Å². The first-order valence-electron chi connectivity index (χ1n) is 9.38. The smallest absolute Gasteiger partial charge is 0.326 e. The summed E-state index contributed by atoms with van der Waals surface area (Å²) in [7, 11) is -4.25. The first-order chi connectivity index (χ1) is 15.9. The number of carbonyl (C=O) groups excluding carboxylic acids is 1. The Labute approximate surface area is 196 Å². The van der Waals surface area contributed by atoms with Gasteiger partial charge in [-0.1, -0.05) is 29.8 Å². The summed E-state index contributed by atoms with van der Waals surface area (Å²) in [5.74, 6) is -0.566. The lowest BCUT2D eigenvalue weighted by Crippen LogP contribution is -2.16. The molecule has 1 amide bonds. The number of carbonyl (C=O) groups is 1. The summed E-state index contributed by atoms with van der Waals surface area (Å²) in [4.78, 5) is 22.4. The molecule has 0 radical (unpaired) electrons. The lowest BCUT2D eigenvalue weighted by Gasteiger charge is -2.13.